The number of nitrogens with one attached hydrogen (secondary N) is 1. The number of carbonyl (C=O) groups is 1. The zero-order valence-electron chi connectivity index (χ0n) is 12.1. The van der Waals surface area contributed by atoms with E-state index in [2.05, 4.69) is 29.0 Å². The molecule has 0 saturated heterocycles. The molecular weight excluding hydrogens is 334 g/mol. The van der Waals surface area contributed by atoms with Gasteiger partial charge in [-0.2, -0.15) is 0 Å². The van der Waals surface area contributed by atoms with Crippen molar-refractivity contribution in [1.29, 1.82) is 0 Å². The van der Waals surface area contributed by atoms with Crippen molar-refractivity contribution in [3.05, 3.63) is 53.4 Å². The lowest BCUT2D eigenvalue weighted by atomic mass is 10.2. The third kappa shape index (κ3) is 3.52. The van der Waals surface area contributed by atoms with Crippen LogP contribution >= 0.6 is 11.3 Å². The van der Waals surface area contributed by atoms with Crippen LogP contribution in [-0.2, 0) is 10.0 Å². The van der Waals surface area contributed by atoms with E-state index in [4.69, 9.17) is 5.11 Å². The highest BCUT2D eigenvalue weighted by atomic mass is 32.2. The Balaban J connectivity index is 0.000000213. The van der Waals surface area contributed by atoms with Gasteiger partial charge >= 0.3 is 5.97 Å². The molecule has 2 aliphatic carbocycles. The van der Waals surface area contributed by atoms with E-state index >= 15 is 0 Å². The normalized spacial score (nSPS) is 11.5. The molecular formula is C16H13NO4S2. The minimum atomic E-state index is -3.50. The van der Waals surface area contributed by atoms with E-state index < -0.39 is 16.0 Å². The molecule has 1 aromatic heterocycles. The predicted octanol–water partition coefficient (Wildman–Crippen LogP) is 3.64. The van der Waals surface area contributed by atoms with Gasteiger partial charge in [0.1, 0.15) is 4.88 Å². The Hall–Kier alpha value is -2.38. The molecule has 0 aliphatic heterocycles. The predicted molar refractivity (Wildman–Crippen MR) is 92.7 cm³/mol. The first kappa shape index (κ1) is 15.5. The first-order valence-electron chi connectivity index (χ1n) is 6.68. The van der Waals surface area contributed by atoms with Crippen LogP contribution in [0.4, 0.5) is 5.69 Å². The van der Waals surface area contributed by atoms with Gasteiger partial charge in [0.15, 0.2) is 0 Å². The molecule has 2 aliphatic rings. The van der Waals surface area contributed by atoms with Crippen molar-refractivity contribution in [2.45, 2.75) is 0 Å². The standard InChI is InChI=1S/C10H9NO4S2.C6H4/c1-17(14,15)11-8-6-4-2-3-5-7(6)16-9(8)10(12)13;1-2-5-4-6(5)3-1/h2-5,11H,1H3,(H,12,13);1-4H. The van der Waals surface area contributed by atoms with Crippen molar-refractivity contribution in [2.75, 3.05) is 11.0 Å². The van der Waals surface area contributed by atoms with Crippen LogP contribution in [0.2, 0.25) is 0 Å². The Bertz CT molecular complexity index is 989. The summed E-state index contributed by atoms with van der Waals surface area (Å²) in [5.41, 5.74) is 2.99. The second-order valence-electron chi connectivity index (χ2n) is 5.06. The quantitative estimate of drug-likeness (QED) is 0.593. The molecule has 4 rings (SSSR count). The lowest BCUT2D eigenvalue weighted by Crippen LogP contribution is -2.11. The fourth-order valence-corrected chi connectivity index (χ4v) is 3.80. The first-order valence-corrected chi connectivity index (χ1v) is 9.39. The summed E-state index contributed by atoms with van der Waals surface area (Å²) < 4.78 is 25.4. The summed E-state index contributed by atoms with van der Waals surface area (Å²) in [5.74, 6) is -1.14. The zero-order valence-corrected chi connectivity index (χ0v) is 13.7. The van der Waals surface area contributed by atoms with E-state index in [9.17, 15) is 13.2 Å². The van der Waals surface area contributed by atoms with Crippen molar-refractivity contribution in [3.63, 3.8) is 0 Å². The molecule has 7 heteroatoms. The number of carboxylic acid groups (broad SMARTS) is 1. The Morgan fingerprint density at radius 1 is 1.09 bits per heavy atom. The number of aromatic carboxylic acids is 1. The summed E-state index contributed by atoms with van der Waals surface area (Å²) in [7, 11) is -3.50. The molecule has 0 unspecified atom stereocenters. The molecule has 2 aromatic rings. The largest absolute Gasteiger partial charge is 0.477 e. The lowest BCUT2D eigenvalue weighted by molar-refractivity contribution is 0.0703. The van der Waals surface area contributed by atoms with Gasteiger partial charge in [-0.05, 0) is 23.3 Å². The summed E-state index contributed by atoms with van der Waals surface area (Å²) in [6.07, 6.45) is 0.991. The van der Waals surface area contributed by atoms with E-state index in [0.717, 1.165) is 22.3 Å². The maximum atomic E-state index is 11.2. The summed E-state index contributed by atoms with van der Waals surface area (Å²) in [5, 5.41) is 9.64. The van der Waals surface area contributed by atoms with E-state index in [-0.39, 0.29) is 10.6 Å². The average Bonchev–Trinajstić information content (AvgIpc) is 2.92. The molecule has 0 atom stereocenters. The second kappa shape index (κ2) is 5.68. The van der Waals surface area contributed by atoms with E-state index in [1.807, 2.05) is 0 Å². The monoisotopic (exact) mass is 347 g/mol. The van der Waals surface area contributed by atoms with Crippen LogP contribution < -0.4 is 4.72 Å². The maximum absolute atomic E-state index is 11.2. The number of fused-ring (bicyclic) bond motifs is 2. The summed E-state index contributed by atoms with van der Waals surface area (Å²) in [4.78, 5) is 11.0. The number of thiophene rings is 1. The summed E-state index contributed by atoms with van der Waals surface area (Å²) >= 11 is 1.05. The van der Waals surface area contributed by atoms with Crippen LogP contribution in [0.25, 0.3) is 21.2 Å². The number of benzene rings is 2. The molecule has 0 spiro atoms. The van der Waals surface area contributed by atoms with Gasteiger partial charge in [-0.3, -0.25) is 4.72 Å². The molecule has 1 heterocycles. The fraction of sp³-hybridized carbons (Fsp3) is 0.0625. The summed E-state index contributed by atoms with van der Waals surface area (Å²) in [6, 6.07) is 15.4. The topological polar surface area (TPSA) is 83.5 Å². The molecule has 0 amide bonds. The van der Waals surface area contributed by atoms with Crippen molar-refractivity contribution in [2.24, 2.45) is 0 Å². The zero-order chi connectivity index (χ0) is 16.6. The molecule has 0 bridgehead atoms. The Morgan fingerprint density at radius 2 is 1.74 bits per heavy atom. The highest BCUT2D eigenvalue weighted by Crippen LogP contribution is 2.36. The molecule has 0 saturated carbocycles. The van der Waals surface area contributed by atoms with Crippen LogP contribution in [0.5, 0.6) is 0 Å². The van der Waals surface area contributed by atoms with Crippen LogP contribution in [0.1, 0.15) is 9.67 Å². The summed E-state index contributed by atoms with van der Waals surface area (Å²) in [6.45, 7) is 0. The van der Waals surface area contributed by atoms with Crippen LogP contribution in [-0.4, -0.2) is 25.7 Å². The molecule has 1 aromatic carbocycles. The van der Waals surface area contributed by atoms with Crippen molar-refractivity contribution in [1.82, 2.24) is 0 Å². The molecule has 23 heavy (non-hydrogen) atoms. The minimum Gasteiger partial charge on any atom is -0.477 e. The maximum Gasteiger partial charge on any atom is 0.348 e. The van der Waals surface area contributed by atoms with Gasteiger partial charge < -0.3 is 5.11 Å². The SMILES string of the molecule is CS(=O)(=O)Nc1c(C(=O)O)sc2ccccc12.c1cc2cc-2c1. The number of sulfonamides is 1. The van der Waals surface area contributed by atoms with Gasteiger partial charge in [0.2, 0.25) is 10.0 Å². The van der Waals surface area contributed by atoms with Gasteiger partial charge in [-0.15, -0.1) is 11.3 Å². The van der Waals surface area contributed by atoms with Crippen molar-refractivity contribution < 1.29 is 18.3 Å². The minimum absolute atomic E-state index is 0.00312. The van der Waals surface area contributed by atoms with Gasteiger partial charge in [-0.25, -0.2) is 13.2 Å². The van der Waals surface area contributed by atoms with E-state index in [1.54, 1.807) is 24.3 Å². The Labute approximate surface area is 137 Å². The Morgan fingerprint density at radius 3 is 2.22 bits per heavy atom. The smallest absolute Gasteiger partial charge is 0.348 e. The highest BCUT2D eigenvalue weighted by molar-refractivity contribution is 7.92. The van der Waals surface area contributed by atoms with Crippen LogP contribution in [0.15, 0.2) is 48.5 Å². The van der Waals surface area contributed by atoms with Gasteiger partial charge in [0.25, 0.3) is 0 Å². The number of hydrogen-bond donors (Lipinski definition) is 2. The number of rotatable bonds is 3. The van der Waals surface area contributed by atoms with Gasteiger partial charge in [-0.1, -0.05) is 36.4 Å². The molecule has 118 valence electrons. The highest BCUT2D eigenvalue weighted by Gasteiger charge is 2.19. The first-order chi connectivity index (χ1) is 10.8. The Kier molecular flexibility index (Phi) is 3.83. The van der Waals surface area contributed by atoms with Crippen LogP contribution in [0.3, 0.4) is 0 Å². The van der Waals surface area contributed by atoms with E-state index in [1.165, 1.54) is 11.1 Å². The third-order valence-corrected chi connectivity index (χ3v) is 4.92. The van der Waals surface area contributed by atoms with Gasteiger partial charge in [0.05, 0.1) is 11.9 Å². The van der Waals surface area contributed by atoms with Crippen LogP contribution in [0, 0.1) is 0 Å². The fourth-order valence-electron chi connectivity index (χ4n) is 2.16. The number of carboxylic acids is 1. The molecule has 5 nitrogen and oxygen atoms in total. The molecule has 0 radical (unpaired) electrons. The lowest BCUT2D eigenvalue weighted by Gasteiger charge is -2.03. The van der Waals surface area contributed by atoms with E-state index in [0.29, 0.717) is 5.39 Å². The molecule has 0 fully saturated rings. The number of hydrogen-bond acceptors (Lipinski definition) is 4. The van der Waals surface area contributed by atoms with Gasteiger partial charge in [0, 0.05) is 10.1 Å². The van der Waals surface area contributed by atoms with Crippen molar-refractivity contribution in [3.8, 4) is 11.1 Å². The molecule has 2 N–H and O–H groups in total. The van der Waals surface area contributed by atoms with Crippen molar-refractivity contribution >= 4 is 43.1 Å². The second-order valence-corrected chi connectivity index (χ2v) is 7.86. The average molecular weight is 347 g/mol. The number of anilines is 1. The third-order valence-electron chi connectivity index (χ3n) is 3.19.